The van der Waals surface area contributed by atoms with Gasteiger partial charge in [0, 0.05) is 13.2 Å². The van der Waals surface area contributed by atoms with Crippen molar-refractivity contribution in [1.82, 2.24) is 0 Å². The van der Waals surface area contributed by atoms with Crippen LogP contribution in [0.2, 0.25) is 0 Å². The second kappa shape index (κ2) is 7.00. The first-order chi connectivity index (χ1) is 10.1. The highest BCUT2D eigenvalue weighted by atomic mass is 19.1. The second-order valence-electron chi connectivity index (χ2n) is 5.46. The van der Waals surface area contributed by atoms with Gasteiger partial charge in [0.15, 0.2) is 0 Å². The number of esters is 1. The molecular formula is C16H22FNO3. The van der Waals surface area contributed by atoms with Gasteiger partial charge in [-0.2, -0.15) is 0 Å². The molecule has 4 nitrogen and oxygen atoms in total. The maximum absolute atomic E-state index is 13.5. The molecule has 2 rings (SSSR count). The van der Waals surface area contributed by atoms with Gasteiger partial charge in [-0.3, -0.25) is 4.79 Å². The smallest absolute Gasteiger partial charge is 0.317 e. The van der Waals surface area contributed by atoms with Crippen molar-refractivity contribution in [3.05, 3.63) is 35.6 Å². The van der Waals surface area contributed by atoms with Crippen molar-refractivity contribution < 1.29 is 18.7 Å². The molecule has 1 aromatic rings. The molecule has 1 heterocycles. The molecule has 0 bridgehead atoms. The van der Waals surface area contributed by atoms with E-state index in [1.165, 1.54) is 19.2 Å². The number of rotatable bonds is 6. The lowest BCUT2D eigenvalue weighted by Gasteiger charge is -2.31. The Morgan fingerprint density at radius 1 is 1.57 bits per heavy atom. The zero-order chi connectivity index (χ0) is 15.3. The van der Waals surface area contributed by atoms with E-state index in [4.69, 9.17) is 15.2 Å². The summed E-state index contributed by atoms with van der Waals surface area (Å²) in [6.07, 6.45) is 3.38. The Kier molecular flexibility index (Phi) is 5.31. The van der Waals surface area contributed by atoms with Gasteiger partial charge >= 0.3 is 5.97 Å². The largest absolute Gasteiger partial charge is 0.468 e. The lowest BCUT2D eigenvalue weighted by Crippen LogP contribution is -2.44. The van der Waals surface area contributed by atoms with Crippen LogP contribution in [0.15, 0.2) is 24.3 Å². The maximum atomic E-state index is 13.5. The Bertz CT molecular complexity index is 488. The van der Waals surface area contributed by atoms with E-state index in [2.05, 4.69) is 0 Å². The summed E-state index contributed by atoms with van der Waals surface area (Å²) in [7, 11) is 1.33. The minimum Gasteiger partial charge on any atom is -0.468 e. The minimum atomic E-state index is -1.01. The number of hydrogen-bond acceptors (Lipinski definition) is 4. The average Bonchev–Trinajstić information content (AvgIpc) is 3.01. The van der Waals surface area contributed by atoms with E-state index in [1.807, 2.05) is 0 Å². The number of carbonyl (C=O) groups is 1. The van der Waals surface area contributed by atoms with E-state index in [9.17, 15) is 9.18 Å². The molecule has 1 aliphatic heterocycles. The van der Waals surface area contributed by atoms with E-state index < -0.39 is 11.4 Å². The van der Waals surface area contributed by atoms with E-state index in [0.29, 0.717) is 18.4 Å². The van der Waals surface area contributed by atoms with Gasteiger partial charge in [0.1, 0.15) is 11.2 Å². The maximum Gasteiger partial charge on any atom is 0.317 e. The predicted octanol–water partition coefficient (Wildman–Crippen LogP) is 2.15. The van der Waals surface area contributed by atoms with Gasteiger partial charge in [-0.1, -0.05) is 12.1 Å². The van der Waals surface area contributed by atoms with Crippen LogP contribution in [0.3, 0.4) is 0 Å². The average molecular weight is 295 g/mol. The van der Waals surface area contributed by atoms with Crippen molar-refractivity contribution in [2.24, 2.45) is 5.73 Å². The quantitative estimate of drug-likeness (QED) is 0.817. The SMILES string of the molecule is COC(=O)C(CN)(CCC1CCCO1)c1cccc(F)c1. The molecule has 5 heteroatoms. The molecule has 2 N–H and O–H groups in total. The minimum absolute atomic E-state index is 0.0792. The summed E-state index contributed by atoms with van der Waals surface area (Å²) in [5.74, 6) is -0.806. The van der Waals surface area contributed by atoms with Crippen molar-refractivity contribution in [1.29, 1.82) is 0 Å². The van der Waals surface area contributed by atoms with E-state index in [-0.39, 0.29) is 18.5 Å². The van der Waals surface area contributed by atoms with Crippen LogP contribution in [-0.4, -0.2) is 32.3 Å². The molecule has 1 fully saturated rings. The highest BCUT2D eigenvalue weighted by Crippen LogP contribution is 2.33. The number of nitrogens with two attached hydrogens (primary N) is 1. The monoisotopic (exact) mass is 295 g/mol. The Morgan fingerprint density at radius 3 is 2.95 bits per heavy atom. The van der Waals surface area contributed by atoms with Gasteiger partial charge in [-0.05, 0) is 43.4 Å². The zero-order valence-corrected chi connectivity index (χ0v) is 12.3. The molecule has 21 heavy (non-hydrogen) atoms. The lowest BCUT2D eigenvalue weighted by atomic mass is 9.76. The van der Waals surface area contributed by atoms with E-state index >= 15 is 0 Å². The summed E-state index contributed by atoms with van der Waals surface area (Å²) in [6, 6.07) is 6.02. The van der Waals surface area contributed by atoms with Crippen molar-refractivity contribution in [2.75, 3.05) is 20.3 Å². The van der Waals surface area contributed by atoms with Crippen molar-refractivity contribution in [3.63, 3.8) is 0 Å². The van der Waals surface area contributed by atoms with E-state index in [0.717, 1.165) is 19.4 Å². The molecule has 2 atom stereocenters. The number of halogens is 1. The first-order valence-electron chi connectivity index (χ1n) is 7.28. The molecular weight excluding hydrogens is 273 g/mol. The van der Waals surface area contributed by atoms with Crippen LogP contribution in [0.25, 0.3) is 0 Å². The Hall–Kier alpha value is -1.46. The number of ether oxygens (including phenoxy) is 2. The van der Waals surface area contributed by atoms with Crippen LogP contribution < -0.4 is 5.73 Å². The Balaban J connectivity index is 2.26. The third kappa shape index (κ3) is 3.41. The molecule has 0 aliphatic carbocycles. The number of carbonyl (C=O) groups excluding carboxylic acids is 1. The molecule has 0 radical (unpaired) electrons. The summed E-state index contributed by atoms with van der Waals surface area (Å²) < 4.78 is 24.1. The highest BCUT2D eigenvalue weighted by Gasteiger charge is 2.41. The molecule has 0 saturated carbocycles. The summed E-state index contributed by atoms with van der Waals surface area (Å²) in [6.45, 7) is 0.842. The van der Waals surface area contributed by atoms with E-state index in [1.54, 1.807) is 12.1 Å². The standard InChI is InChI=1S/C16H22FNO3/c1-20-15(19)16(11-18,8-7-14-6-3-9-21-14)12-4-2-5-13(17)10-12/h2,4-5,10,14H,3,6-9,11,18H2,1H3. The third-order valence-electron chi connectivity index (χ3n) is 4.22. The molecule has 1 aromatic carbocycles. The van der Waals surface area contributed by atoms with Crippen LogP contribution in [0.1, 0.15) is 31.2 Å². The number of hydrogen-bond donors (Lipinski definition) is 1. The van der Waals surface area contributed by atoms with Crippen LogP contribution in [-0.2, 0) is 19.7 Å². The normalized spacial score (nSPS) is 21.0. The van der Waals surface area contributed by atoms with Crippen molar-refractivity contribution >= 4 is 5.97 Å². The number of methoxy groups -OCH3 is 1. The first-order valence-corrected chi connectivity index (χ1v) is 7.28. The second-order valence-corrected chi connectivity index (χ2v) is 5.46. The predicted molar refractivity (Wildman–Crippen MR) is 77.4 cm³/mol. The Morgan fingerprint density at radius 2 is 2.38 bits per heavy atom. The molecule has 0 aromatic heterocycles. The molecule has 0 spiro atoms. The fourth-order valence-electron chi connectivity index (χ4n) is 2.93. The fraction of sp³-hybridized carbons (Fsp3) is 0.562. The van der Waals surface area contributed by atoms with Gasteiger partial charge in [-0.15, -0.1) is 0 Å². The number of benzene rings is 1. The third-order valence-corrected chi connectivity index (χ3v) is 4.22. The topological polar surface area (TPSA) is 61.5 Å². The molecule has 0 amide bonds. The van der Waals surface area contributed by atoms with Gasteiger partial charge in [-0.25, -0.2) is 4.39 Å². The summed E-state index contributed by atoms with van der Waals surface area (Å²) in [5, 5.41) is 0. The lowest BCUT2D eigenvalue weighted by molar-refractivity contribution is -0.147. The van der Waals surface area contributed by atoms with Gasteiger partial charge < -0.3 is 15.2 Å². The summed E-state index contributed by atoms with van der Waals surface area (Å²) >= 11 is 0. The molecule has 1 saturated heterocycles. The molecule has 1 aliphatic rings. The zero-order valence-electron chi connectivity index (χ0n) is 12.3. The van der Waals surface area contributed by atoms with Gasteiger partial charge in [0.05, 0.1) is 13.2 Å². The Labute approximate surface area is 124 Å². The van der Waals surface area contributed by atoms with Crippen molar-refractivity contribution in [2.45, 2.75) is 37.2 Å². The molecule has 2 unspecified atom stereocenters. The van der Waals surface area contributed by atoms with Crippen LogP contribution in [0.5, 0.6) is 0 Å². The van der Waals surface area contributed by atoms with Crippen LogP contribution >= 0.6 is 0 Å². The first kappa shape index (κ1) is 15.9. The van der Waals surface area contributed by atoms with Gasteiger partial charge in [0.25, 0.3) is 0 Å². The van der Waals surface area contributed by atoms with Crippen LogP contribution in [0, 0.1) is 5.82 Å². The van der Waals surface area contributed by atoms with Gasteiger partial charge in [0.2, 0.25) is 0 Å². The van der Waals surface area contributed by atoms with Crippen LogP contribution in [0.4, 0.5) is 4.39 Å². The van der Waals surface area contributed by atoms with Crippen molar-refractivity contribution in [3.8, 4) is 0 Å². The molecule has 116 valence electrons. The summed E-state index contributed by atoms with van der Waals surface area (Å²) in [5.41, 5.74) is 5.44. The summed E-state index contributed by atoms with van der Waals surface area (Å²) in [4.78, 5) is 12.3. The fourth-order valence-corrected chi connectivity index (χ4v) is 2.93. The highest BCUT2D eigenvalue weighted by molar-refractivity contribution is 5.83.